The molecule has 1 heterocycles. The number of nitrogens with two attached hydrogens (primary N) is 1. The minimum atomic E-state index is -0.297. The quantitative estimate of drug-likeness (QED) is 0.575. The number of halogens is 1. The summed E-state index contributed by atoms with van der Waals surface area (Å²) in [5.74, 6) is 0.613. The lowest BCUT2D eigenvalue weighted by Crippen LogP contribution is -2.48. The maximum atomic E-state index is 14.6. The van der Waals surface area contributed by atoms with Crippen molar-refractivity contribution in [1.82, 2.24) is 4.90 Å². The molecule has 4 nitrogen and oxygen atoms in total. The zero-order valence-electron chi connectivity index (χ0n) is 17.7. The third-order valence-corrected chi connectivity index (χ3v) is 5.50. The Morgan fingerprint density at radius 3 is 2.52 bits per heavy atom. The molecule has 0 radical (unpaired) electrons. The first-order valence-electron chi connectivity index (χ1n) is 10.2. The summed E-state index contributed by atoms with van der Waals surface area (Å²) in [4.78, 5) is 9.32. The highest BCUT2D eigenvalue weighted by molar-refractivity contribution is 5.83. The molecule has 0 saturated carbocycles. The van der Waals surface area contributed by atoms with E-state index in [9.17, 15) is 4.39 Å². The predicted octanol–water partition coefficient (Wildman–Crippen LogP) is 4.97. The van der Waals surface area contributed by atoms with Crippen LogP contribution < -0.4 is 10.6 Å². The standard InChI is InChI=1S/C24H31FN4/c1-17-7-5-8-21(15-17)29-13-11-28(12-14-29)20(4)27-24-22(9-6-10-23(24)25)18(2)16-19(3)26/h5-10,15,18H,3,11-14,16,26H2,1-2,4H3. The van der Waals surface area contributed by atoms with Gasteiger partial charge in [0.1, 0.15) is 17.3 Å². The first-order valence-corrected chi connectivity index (χ1v) is 10.2. The molecule has 0 spiro atoms. The molecule has 1 atom stereocenters. The number of hydrogen-bond donors (Lipinski definition) is 1. The highest BCUT2D eigenvalue weighted by Gasteiger charge is 2.20. The van der Waals surface area contributed by atoms with Crippen molar-refractivity contribution in [2.75, 3.05) is 31.1 Å². The van der Waals surface area contributed by atoms with Gasteiger partial charge in [0.05, 0.1) is 0 Å². The van der Waals surface area contributed by atoms with E-state index in [1.165, 1.54) is 17.3 Å². The fourth-order valence-electron chi connectivity index (χ4n) is 3.90. The second-order valence-corrected chi connectivity index (χ2v) is 7.91. The van der Waals surface area contributed by atoms with E-state index in [4.69, 9.17) is 10.7 Å². The van der Waals surface area contributed by atoms with Crippen LogP contribution in [0.3, 0.4) is 0 Å². The number of para-hydroxylation sites is 1. The largest absolute Gasteiger partial charge is 0.402 e. The number of aliphatic imine (C=N–C) groups is 1. The molecule has 2 aromatic carbocycles. The van der Waals surface area contributed by atoms with Gasteiger partial charge in [-0.1, -0.05) is 37.8 Å². The summed E-state index contributed by atoms with van der Waals surface area (Å²) >= 11 is 0. The van der Waals surface area contributed by atoms with Crippen molar-refractivity contribution in [2.24, 2.45) is 10.7 Å². The van der Waals surface area contributed by atoms with Crippen LogP contribution in [0.4, 0.5) is 15.8 Å². The number of nitrogens with zero attached hydrogens (tertiary/aromatic N) is 3. The van der Waals surface area contributed by atoms with Gasteiger partial charge < -0.3 is 15.5 Å². The first-order chi connectivity index (χ1) is 13.8. The molecule has 0 bridgehead atoms. The molecule has 0 aliphatic carbocycles. The minimum absolute atomic E-state index is 0.0629. The number of amidine groups is 1. The average molecular weight is 395 g/mol. The van der Waals surface area contributed by atoms with Crippen molar-refractivity contribution in [2.45, 2.75) is 33.1 Å². The molecule has 1 aliphatic rings. The maximum absolute atomic E-state index is 14.6. The second-order valence-electron chi connectivity index (χ2n) is 7.91. The van der Waals surface area contributed by atoms with Gasteiger partial charge in [0, 0.05) is 37.6 Å². The summed E-state index contributed by atoms with van der Waals surface area (Å²) in [5.41, 5.74) is 10.2. The normalized spacial score (nSPS) is 16.1. The Labute approximate surface area is 173 Å². The van der Waals surface area contributed by atoms with Gasteiger partial charge in [-0.3, -0.25) is 0 Å². The number of benzene rings is 2. The third-order valence-electron chi connectivity index (χ3n) is 5.50. The van der Waals surface area contributed by atoms with Gasteiger partial charge in [-0.15, -0.1) is 0 Å². The van der Waals surface area contributed by atoms with Gasteiger partial charge >= 0.3 is 0 Å². The Morgan fingerprint density at radius 1 is 1.17 bits per heavy atom. The van der Waals surface area contributed by atoms with Crippen molar-refractivity contribution in [3.63, 3.8) is 0 Å². The maximum Gasteiger partial charge on any atom is 0.149 e. The minimum Gasteiger partial charge on any atom is -0.402 e. The number of aryl methyl sites for hydroxylation is 1. The van der Waals surface area contributed by atoms with Crippen LogP contribution in [-0.2, 0) is 0 Å². The van der Waals surface area contributed by atoms with E-state index >= 15 is 0 Å². The van der Waals surface area contributed by atoms with Crippen LogP contribution in [0.15, 0.2) is 59.7 Å². The molecule has 5 heteroatoms. The lowest BCUT2D eigenvalue weighted by molar-refractivity contribution is 0.384. The molecular formula is C24H31FN4. The van der Waals surface area contributed by atoms with E-state index in [0.717, 1.165) is 37.6 Å². The van der Waals surface area contributed by atoms with Crippen molar-refractivity contribution in [1.29, 1.82) is 0 Å². The number of piperazine rings is 1. The molecule has 0 aromatic heterocycles. The number of rotatable bonds is 5. The lowest BCUT2D eigenvalue weighted by atomic mass is 9.95. The van der Waals surface area contributed by atoms with E-state index in [1.54, 1.807) is 6.07 Å². The summed E-state index contributed by atoms with van der Waals surface area (Å²) in [6.45, 7) is 13.5. The van der Waals surface area contributed by atoms with Crippen LogP contribution >= 0.6 is 0 Å². The van der Waals surface area contributed by atoms with Gasteiger partial charge in [-0.25, -0.2) is 9.38 Å². The fourth-order valence-corrected chi connectivity index (χ4v) is 3.90. The van der Waals surface area contributed by atoms with E-state index < -0.39 is 0 Å². The van der Waals surface area contributed by atoms with Crippen molar-refractivity contribution >= 4 is 17.2 Å². The molecule has 2 N–H and O–H groups in total. The van der Waals surface area contributed by atoms with Gasteiger partial charge in [-0.2, -0.15) is 0 Å². The molecule has 0 amide bonds. The second kappa shape index (κ2) is 9.12. The van der Waals surface area contributed by atoms with E-state index in [2.05, 4.69) is 47.6 Å². The Kier molecular flexibility index (Phi) is 6.57. The van der Waals surface area contributed by atoms with Gasteiger partial charge in [0.15, 0.2) is 0 Å². The van der Waals surface area contributed by atoms with Crippen molar-refractivity contribution < 1.29 is 4.39 Å². The van der Waals surface area contributed by atoms with E-state index in [-0.39, 0.29) is 11.7 Å². The Balaban J connectivity index is 1.74. The molecule has 154 valence electrons. The molecule has 29 heavy (non-hydrogen) atoms. The molecule has 2 aromatic rings. The summed E-state index contributed by atoms with van der Waals surface area (Å²) in [6.07, 6.45) is 0.611. The summed E-state index contributed by atoms with van der Waals surface area (Å²) in [6, 6.07) is 13.7. The van der Waals surface area contributed by atoms with E-state index in [0.29, 0.717) is 17.8 Å². The van der Waals surface area contributed by atoms with Gasteiger partial charge in [-0.05, 0) is 55.5 Å². The average Bonchev–Trinajstić information content (AvgIpc) is 2.69. The lowest BCUT2D eigenvalue weighted by Gasteiger charge is -2.37. The monoisotopic (exact) mass is 394 g/mol. The van der Waals surface area contributed by atoms with Crippen LogP contribution in [-0.4, -0.2) is 36.9 Å². The molecule has 1 unspecified atom stereocenters. The molecular weight excluding hydrogens is 363 g/mol. The molecule has 3 rings (SSSR count). The summed E-state index contributed by atoms with van der Waals surface area (Å²) in [7, 11) is 0. The highest BCUT2D eigenvalue weighted by Crippen LogP contribution is 2.33. The Morgan fingerprint density at radius 2 is 1.86 bits per heavy atom. The van der Waals surface area contributed by atoms with Crippen LogP contribution in [0.25, 0.3) is 0 Å². The smallest absolute Gasteiger partial charge is 0.149 e. The highest BCUT2D eigenvalue weighted by atomic mass is 19.1. The molecule has 1 aliphatic heterocycles. The SMILES string of the molecule is C=C(N)CC(C)c1cccc(F)c1N=C(C)N1CCN(c2cccc(C)c2)CC1. The van der Waals surface area contributed by atoms with Crippen LogP contribution in [0.1, 0.15) is 37.3 Å². The van der Waals surface area contributed by atoms with E-state index in [1.807, 2.05) is 19.9 Å². The van der Waals surface area contributed by atoms with Crippen LogP contribution in [0.5, 0.6) is 0 Å². The molecule has 1 fully saturated rings. The predicted molar refractivity (Wildman–Crippen MR) is 120 cm³/mol. The summed E-state index contributed by atoms with van der Waals surface area (Å²) < 4.78 is 14.6. The zero-order chi connectivity index (χ0) is 21.0. The number of hydrogen-bond acceptors (Lipinski definition) is 3. The van der Waals surface area contributed by atoms with Crippen molar-refractivity contribution in [3.8, 4) is 0 Å². The molecule has 1 saturated heterocycles. The first kappa shape index (κ1) is 20.9. The number of anilines is 1. The number of allylic oxidation sites excluding steroid dienone is 1. The summed E-state index contributed by atoms with van der Waals surface area (Å²) in [5, 5.41) is 0. The van der Waals surface area contributed by atoms with Crippen LogP contribution in [0, 0.1) is 12.7 Å². The third kappa shape index (κ3) is 5.17. The topological polar surface area (TPSA) is 44.9 Å². The van der Waals surface area contributed by atoms with Crippen molar-refractivity contribution in [3.05, 3.63) is 71.7 Å². The van der Waals surface area contributed by atoms with Gasteiger partial charge in [0.2, 0.25) is 0 Å². The van der Waals surface area contributed by atoms with Gasteiger partial charge in [0.25, 0.3) is 0 Å². The Hall–Kier alpha value is -2.82. The fraction of sp³-hybridized carbons (Fsp3) is 0.375. The van der Waals surface area contributed by atoms with Crippen LogP contribution in [0.2, 0.25) is 0 Å². The Bertz CT molecular complexity index is 898. The zero-order valence-corrected chi connectivity index (χ0v) is 17.7.